The summed E-state index contributed by atoms with van der Waals surface area (Å²) in [5, 5.41) is 8.21. The molecule has 0 radical (unpaired) electrons. The summed E-state index contributed by atoms with van der Waals surface area (Å²) in [5.41, 5.74) is 1.70. The van der Waals surface area contributed by atoms with Crippen molar-refractivity contribution in [2.24, 2.45) is 5.92 Å². The lowest BCUT2D eigenvalue weighted by Crippen LogP contribution is -2.43. The van der Waals surface area contributed by atoms with E-state index in [1.54, 1.807) is 25.3 Å². The topological polar surface area (TPSA) is 80.5 Å². The first kappa shape index (κ1) is 23.5. The highest BCUT2D eigenvalue weighted by atomic mass is 35.5. The Morgan fingerprint density at radius 1 is 1.27 bits per heavy atom. The van der Waals surface area contributed by atoms with Crippen molar-refractivity contribution in [3.8, 4) is 17.1 Å². The first-order valence-corrected chi connectivity index (χ1v) is 11.6. The number of hydrogen-bond donors (Lipinski definition) is 1. The molecule has 0 spiro atoms. The second-order valence-electron chi connectivity index (χ2n) is 8.21. The Bertz CT molecular complexity index is 1100. The number of rotatable bonds is 7. The lowest BCUT2D eigenvalue weighted by molar-refractivity contribution is -0.127. The number of nitrogens with zero attached hydrogens (tertiary/aromatic N) is 3. The number of amides is 1. The summed E-state index contributed by atoms with van der Waals surface area (Å²) in [4.78, 5) is 19.6. The molecule has 1 saturated heterocycles. The third-order valence-electron chi connectivity index (χ3n) is 5.85. The number of nitrogens with one attached hydrogen (secondary N) is 1. The summed E-state index contributed by atoms with van der Waals surface area (Å²) in [5.74, 6) is 1.67. The van der Waals surface area contributed by atoms with Crippen molar-refractivity contribution in [1.29, 1.82) is 0 Å². The molecule has 1 fully saturated rings. The summed E-state index contributed by atoms with van der Waals surface area (Å²) in [6.45, 7) is 3.98. The number of aromatic nitrogens is 2. The molecule has 2 atom stereocenters. The van der Waals surface area contributed by atoms with Crippen LogP contribution >= 0.6 is 23.2 Å². The fourth-order valence-electron chi connectivity index (χ4n) is 4.01. The van der Waals surface area contributed by atoms with Crippen molar-refractivity contribution in [1.82, 2.24) is 20.4 Å². The highest BCUT2D eigenvalue weighted by Crippen LogP contribution is 2.29. The van der Waals surface area contributed by atoms with Gasteiger partial charge in [0.05, 0.1) is 30.6 Å². The van der Waals surface area contributed by atoms with Crippen molar-refractivity contribution >= 4 is 29.1 Å². The molecule has 0 aliphatic carbocycles. The Morgan fingerprint density at radius 3 is 2.79 bits per heavy atom. The lowest BCUT2D eigenvalue weighted by atomic mass is 9.96. The van der Waals surface area contributed by atoms with Crippen LogP contribution in [-0.4, -0.2) is 41.1 Å². The summed E-state index contributed by atoms with van der Waals surface area (Å²) in [6.07, 6.45) is 1.78. The minimum atomic E-state index is -0.0902. The van der Waals surface area contributed by atoms with E-state index in [0.717, 1.165) is 30.7 Å². The maximum absolute atomic E-state index is 12.9. The van der Waals surface area contributed by atoms with Crippen LogP contribution in [0.3, 0.4) is 0 Å². The van der Waals surface area contributed by atoms with Crippen molar-refractivity contribution in [2.45, 2.75) is 32.4 Å². The van der Waals surface area contributed by atoms with E-state index in [-0.39, 0.29) is 17.9 Å². The Labute approximate surface area is 203 Å². The van der Waals surface area contributed by atoms with Crippen LogP contribution < -0.4 is 10.1 Å². The van der Waals surface area contributed by atoms with Gasteiger partial charge in [-0.1, -0.05) is 40.5 Å². The first-order valence-electron chi connectivity index (χ1n) is 10.9. The Balaban J connectivity index is 1.34. The van der Waals surface area contributed by atoms with Crippen LogP contribution in [0.4, 0.5) is 0 Å². The quantitative estimate of drug-likeness (QED) is 0.495. The number of likely N-dealkylation sites (tertiary alicyclic amines) is 1. The Kier molecular flexibility index (Phi) is 7.53. The van der Waals surface area contributed by atoms with Crippen LogP contribution in [0.1, 0.15) is 37.3 Å². The molecular weight excluding hydrogens is 463 g/mol. The zero-order valence-corrected chi connectivity index (χ0v) is 20.1. The van der Waals surface area contributed by atoms with Crippen molar-refractivity contribution in [2.75, 3.05) is 20.2 Å². The second-order valence-corrected chi connectivity index (χ2v) is 9.06. The van der Waals surface area contributed by atoms with Gasteiger partial charge in [0, 0.05) is 17.1 Å². The highest BCUT2D eigenvalue weighted by Gasteiger charge is 2.28. The molecule has 1 amide bonds. The monoisotopic (exact) mass is 488 g/mol. The van der Waals surface area contributed by atoms with Gasteiger partial charge in [-0.3, -0.25) is 9.69 Å². The summed E-state index contributed by atoms with van der Waals surface area (Å²) < 4.78 is 10.6. The molecular formula is C24H26Cl2N4O3. The number of ether oxygens (including phenoxy) is 1. The van der Waals surface area contributed by atoms with E-state index in [2.05, 4.69) is 20.4 Å². The van der Waals surface area contributed by atoms with Crippen LogP contribution in [0.5, 0.6) is 5.75 Å². The fourth-order valence-corrected chi connectivity index (χ4v) is 4.50. The molecule has 2 heterocycles. The van der Waals surface area contributed by atoms with E-state index in [9.17, 15) is 4.79 Å². The third kappa shape index (κ3) is 5.85. The summed E-state index contributed by atoms with van der Waals surface area (Å²) >= 11 is 12.2. The first-order chi connectivity index (χ1) is 15.9. The summed E-state index contributed by atoms with van der Waals surface area (Å²) in [6, 6.07) is 12.8. The summed E-state index contributed by atoms with van der Waals surface area (Å²) in [7, 11) is 1.64. The average Bonchev–Trinajstić information content (AvgIpc) is 3.27. The predicted molar refractivity (Wildman–Crippen MR) is 127 cm³/mol. The lowest BCUT2D eigenvalue weighted by Gasteiger charge is -2.31. The number of piperidine rings is 1. The largest absolute Gasteiger partial charge is 0.497 e. The van der Waals surface area contributed by atoms with Crippen molar-refractivity contribution in [3.63, 3.8) is 0 Å². The number of carbonyl (C=O) groups excluding carboxylic acids is 1. The standard InChI is InChI=1S/C24H26Cl2N4O3/c1-15(16-5-8-19(32-2)9-6-16)27-24(31)17-4-3-11-30(13-17)14-22-28-23(29-33-22)20-10-7-18(25)12-21(20)26/h5-10,12,15,17H,3-4,11,13-14H2,1-2H3,(H,27,31). The predicted octanol–water partition coefficient (Wildman–Crippen LogP) is 5.14. The molecule has 9 heteroatoms. The van der Waals surface area contributed by atoms with Crippen molar-refractivity contribution < 1.29 is 14.1 Å². The van der Waals surface area contributed by atoms with Crippen molar-refractivity contribution in [3.05, 3.63) is 64.0 Å². The molecule has 4 rings (SSSR count). The van der Waals surface area contributed by atoms with E-state index in [0.29, 0.717) is 40.4 Å². The van der Waals surface area contributed by atoms with Gasteiger partial charge in [-0.25, -0.2) is 0 Å². The zero-order valence-electron chi connectivity index (χ0n) is 18.6. The van der Waals surface area contributed by atoms with Gasteiger partial charge in [0.15, 0.2) is 0 Å². The van der Waals surface area contributed by atoms with Gasteiger partial charge >= 0.3 is 0 Å². The number of methoxy groups -OCH3 is 1. The molecule has 33 heavy (non-hydrogen) atoms. The van der Waals surface area contributed by atoms with Crippen LogP contribution in [0, 0.1) is 5.92 Å². The molecule has 2 unspecified atom stereocenters. The molecule has 1 aromatic heterocycles. The van der Waals surface area contributed by atoms with Crippen LogP contribution in [-0.2, 0) is 11.3 Å². The molecule has 2 aromatic carbocycles. The van der Waals surface area contributed by atoms with E-state index in [1.165, 1.54) is 0 Å². The molecule has 174 valence electrons. The van der Waals surface area contributed by atoms with Gasteiger partial charge in [-0.05, 0) is 62.2 Å². The van der Waals surface area contributed by atoms with Gasteiger partial charge in [-0.15, -0.1) is 0 Å². The molecule has 0 saturated carbocycles. The molecule has 1 aliphatic heterocycles. The SMILES string of the molecule is COc1ccc(C(C)NC(=O)C2CCCN(Cc3nc(-c4ccc(Cl)cc4Cl)no3)C2)cc1. The van der Waals surface area contributed by atoms with E-state index in [1.807, 2.05) is 31.2 Å². The molecule has 1 aliphatic rings. The van der Waals surface area contributed by atoms with Crippen LogP contribution in [0.2, 0.25) is 10.0 Å². The smallest absolute Gasteiger partial charge is 0.241 e. The molecule has 7 nitrogen and oxygen atoms in total. The van der Waals surface area contributed by atoms with E-state index in [4.69, 9.17) is 32.5 Å². The molecule has 3 aromatic rings. The Morgan fingerprint density at radius 2 is 2.06 bits per heavy atom. The van der Waals surface area contributed by atoms with E-state index >= 15 is 0 Å². The number of halogens is 2. The second kappa shape index (κ2) is 10.5. The van der Waals surface area contributed by atoms with Gasteiger partial charge in [0.1, 0.15) is 5.75 Å². The van der Waals surface area contributed by atoms with Gasteiger partial charge in [-0.2, -0.15) is 4.98 Å². The fraction of sp³-hybridized carbons (Fsp3) is 0.375. The highest BCUT2D eigenvalue weighted by molar-refractivity contribution is 6.36. The third-order valence-corrected chi connectivity index (χ3v) is 6.40. The number of hydrogen-bond acceptors (Lipinski definition) is 6. The molecule has 0 bridgehead atoms. The van der Waals surface area contributed by atoms with Crippen LogP contribution in [0.25, 0.3) is 11.4 Å². The van der Waals surface area contributed by atoms with E-state index < -0.39 is 0 Å². The van der Waals surface area contributed by atoms with Gasteiger partial charge < -0.3 is 14.6 Å². The van der Waals surface area contributed by atoms with Gasteiger partial charge in [0.25, 0.3) is 0 Å². The average molecular weight is 489 g/mol. The Hall–Kier alpha value is -2.61. The maximum Gasteiger partial charge on any atom is 0.241 e. The maximum atomic E-state index is 12.9. The normalized spacial score (nSPS) is 17.5. The zero-order chi connectivity index (χ0) is 23.4. The minimum Gasteiger partial charge on any atom is -0.497 e. The minimum absolute atomic E-state index is 0.0576. The number of carbonyl (C=O) groups is 1. The van der Waals surface area contributed by atoms with Crippen LogP contribution in [0.15, 0.2) is 47.0 Å². The van der Waals surface area contributed by atoms with Gasteiger partial charge in [0.2, 0.25) is 17.6 Å². The molecule has 1 N–H and O–H groups in total. The number of benzene rings is 2.